The third kappa shape index (κ3) is 4.01. The molecule has 28 heavy (non-hydrogen) atoms. The van der Waals surface area contributed by atoms with E-state index in [1.807, 2.05) is 32.9 Å². The van der Waals surface area contributed by atoms with Crippen LogP contribution in [0.2, 0.25) is 0 Å². The maximum Gasteiger partial charge on any atom is 0.275 e. The molecule has 0 spiro atoms. The molecule has 8 nitrogen and oxygen atoms in total. The van der Waals surface area contributed by atoms with Crippen LogP contribution in [0.5, 0.6) is 11.5 Å². The Bertz CT molecular complexity index is 1070. The smallest absolute Gasteiger partial charge is 0.275 e. The highest BCUT2D eigenvalue weighted by molar-refractivity contribution is 6.03. The van der Waals surface area contributed by atoms with Gasteiger partial charge in [0.1, 0.15) is 17.2 Å². The van der Waals surface area contributed by atoms with E-state index in [0.29, 0.717) is 11.4 Å². The van der Waals surface area contributed by atoms with E-state index in [1.165, 1.54) is 23.0 Å². The first-order valence-electron chi connectivity index (χ1n) is 8.59. The number of amides is 1. The molecular weight excluding hydrogens is 360 g/mol. The zero-order valence-corrected chi connectivity index (χ0v) is 16.0. The van der Waals surface area contributed by atoms with Gasteiger partial charge < -0.3 is 10.1 Å². The standard InChI is InChI=1S/C20H20N4O4/c1-12-7-13(2)14(3)19(8-12)28-17-10-15(9-16(11-17)24(26)27)22-20(25)18-5-6-21-23(18)4/h5-11H,1-4H3,(H,22,25). The van der Waals surface area contributed by atoms with E-state index in [2.05, 4.69) is 10.4 Å². The molecule has 1 heterocycles. The highest BCUT2D eigenvalue weighted by Crippen LogP contribution is 2.33. The highest BCUT2D eigenvalue weighted by atomic mass is 16.6. The van der Waals surface area contributed by atoms with Crippen LogP contribution in [0.3, 0.4) is 0 Å². The lowest BCUT2D eigenvalue weighted by Gasteiger charge is -2.13. The third-order valence-electron chi connectivity index (χ3n) is 4.41. The summed E-state index contributed by atoms with van der Waals surface area (Å²) in [6.07, 6.45) is 1.50. The zero-order chi connectivity index (χ0) is 20.4. The van der Waals surface area contributed by atoms with E-state index in [1.54, 1.807) is 19.2 Å². The average molecular weight is 380 g/mol. The minimum Gasteiger partial charge on any atom is -0.457 e. The van der Waals surface area contributed by atoms with E-state index in [0.717, 1.165) is 16.7 Å². The van der Waals surface area contributed by atoms with E-state index in [9.17, 15) is 14.9 Å². The molecule has 0 aliphatic rings. The van der Waals surface area contributed by atoms with Gasteiger partial charge in [0, 0.05) is 25.4 Å². The van der Waals surface area contributed by atoms with E-state index in [-0.39, 0.29) is 17.1 Å². The zero-order valence-electron chi connectivity index (χ0n) is 16.0. The second-order valence-electron chi connectivity index (χ2n) is 6.57. The van der Waals surface area contributed by atoms with E-state index in [4.69, 9.17) is 4.74 Å². The number of carbonyl (C=O) groups is 1. The summed E-state index contributed by atoms with van der Waals surface area (Å²) in [7, 11) is 1.64. The molecule has 3 aromatic rings. The third-order valence-corrected chi connectivity index (χ3v) is 4.41. The quantitative estimate of drug-likeness (QED) is 0.525. The van der Waals surface area contributed by atoms with Gasteiger partial charge in [-0.25, -0.2) is 0 Å². The second-order valence-corrected chi connectivity index (χ2v) is 6.57. The van der Waals surface area contributed by atoms with Crippen LogP contribution in [0.15, 0.2) is 42.6 Å². The molecule has 0 bridgehead atoms. The Kier molecular flexibility index (Phi) is 5.12. The number of benzene rings is 2. The van der Waals surface area contributed by atoms with Gasteiger partial charge in [0.2, 0.25) is 0 Å². The number of carbonyl (C=O) groups excluding carboxylic acids is 1. The fraction of sp³-hybridized carbons (Fsp3) is 0.200. The second kappa shape index (κ2) is 7.51. The summed E-state index contributed by atoms with van der Waals surface area (Å²) in [5, 5.41) is 17.9. The molecule has 2 aromatic carbocycles. The number of anilines is 1. The molecule has 0 aliphatic heterocycles. The summed E-state index contributed by atoms with van der Waals surface area (Å²) in [6, 6.07) is 9.64. The molecule has 0 unspecified atom stereocenters. The molecule has 1 N–H and O–H groups in total. The fourth-order valence-corrected chi connectivity index (χ4v) is 2.85. The largest absolute Gasteiger partial charge is 0.457 e. The SMILES string of the molecule is Cc1cc(C)c(C)c(Oc2cc(NC(=O)c3ccnn3C)cc([N+](=O)[O-])c2)c1. The lowest BCUT2D eigenvalue weighted by molar-refractivity contribution is -0.384. The van der Waals surface area contributed by atoms with Crippen molar-refractivity contribution in [2.24, 2.45) is 7.05 Å². The van der Waals surface area contributed by atoms with Gasteiger partial charge in [0.25, 0.3) is 11.6 Å². The molecule has 0 saturated heterocycles. The van der Waals surface area contributed by atoms with Crippen LogP contribution in [-0.2, 0) is 7.05 Å². The topological polar surface area (TPSA) is 99.3 Å². The Morgan fingerprint density at radius 3 is 2.57 bits per heavy atom. The van der Waals surface area contributed by atoms with Gasteiger partial charge >= 0.3 is 0 Å². The number of nitro groups is 1. The number of ether oxygens (including phenoxy) is 1. The number of nitrogens with zero attached hydrogens (tertiary/aromatic N) is 3. The molecule has 0 aliphatic carbocycles. The molecule has 0 saturated carbocycles. The van der Waals surface area contributed by atoms with E-state index < -0.39 is 10.8 Å². The van der Waals surface area contributed by atoms with Crippen molar-refractivity contribution in [2.75, 3.05) is 5.32 Å². The molecule has 0 atom stereocenters. The lowest BCUT2D eigenvalue weighted by Crippen LogP contribution is -2.16. The van der Waals surface area contributed by atoms with Crippen molar-refractivity contribution in [3.8, 4) is 11.5 Å². The first kappa shape index (κ1) is 19.1. The molecule has 8 heteroatoms. The number of aromatic nitrogens is 2. The summed E-state index contributed by atoms with van der Waals surface area (Å²) in [5.74, 6) is 0.457. The van der Waals surface area contributed by atoms with Crippen LogP contribution in [-0.4, -0.2) is 20.6 Å². The number of nitro benzene ring substituents is 1. The molecule has 0 radical (unpaired) electrons. The average Bonchev–Trinajstić information content (AvgIpc) is 3.05. The van der Waals surface area contributed by atoms with Crippen molar-refractivity contribution in [1.29, 1.82) is 0 Å². The van der Waals surface area contributed by atoms with Crippen molar-refractivity contribution in [2.45, 2.75) is 20.8 Å². The number of hydrogen-bond donors (Lipinski definition) is 1. The molecule has 3 rings (SSSR count). The first-order valence-corrected chi connectivity index (χ1v) is 8.59. The monoisotopic (exact) mass is 380 g/mol. The Morgan fingerprint density at radius 1 is 1.18 bits per heavy atom. The summed E-state index contributed by atoms with van der Waals surface area (Å²) in [5.41, 5.74) is 3.44. The predicted molar refractivity (Wildman–Crippen MR) is 105 cm³/mol. The summed E-state index contributed by atoms with van der Waals surface area (Å²) in [6.45, 7) is 5.85. The van der Waals surface area contributed by atoms with Gasteiger partial charge in [0.15, 0.2) is 0 Å². The van der Waals surface area contributed by atoms with Crippen LogP contribution in [0.25, 0.3) is 0 Å². The Hall–Kier alpha value is -3.68. The van der Waals surface area contributed by atoms with Gasteiger partial charge in [-0.3, -0.25) is 19.6 Å². The van der Waals surface area contributed by atoms with E-state index >= 15 is 0 Å². The fourth-order valence-electron chi connectivity index (χ4n) is 2.85. The highest BCUT2D eigenvalue weighted by Gasteiger charge is 2.16. The Balaban J connectivity index is 1.95. The first-order chi connectivity index (χ1) is 13.2. The number of non-ortho nitro benzene ring substituents is 1. The van der Waals surface area contributed by atoms with Gasteiger partial charge in [-0.1, -0.05) is 6.07 Å². The van der Waals surface area contributed by atoms with Crippen LogP contribution in [0.4, 0.5) is 11.4 Å². The van der Waals surface area contributed by atoms with Gasteiger partial charge in [-0.15, -0.1) is 0 Å². The number of nitrogens with one attached hydrogen (secondary N) is 1. The minimum absolute atomic E-state index is 0.181. The van der Waals surface area contributed by atoms with Crippen molar-refractivity contribution in [3.63, 3.8) is 0 Å². The normalized spacial score (nSPS) is 10.6. The summed E-state index contributed by atoms with van der Waals surface area (Å²) >= 11 is 0. The van der Waals surface area contributed by atoms with Gasteiger partial charge in [-0.05, 0) is 49.6 Å². The lowest BCUT2D eigenvalue weighted by atomic mass is 10.1. The van der Waals surface area contributed by atoms with Crippen LogP contribution < -0.4 is 10.1 Å². The van der Waals surface area contributed by atoms with Crippen LogP contribution >= 0.6 is 0 Å². The minimum atomic E-state index is -0.527. The van der Waals surface area contributed by atoms with Gasteiger partial charge in [0.05, 0.1) is 16.7 Å². The van der Waals surface area contributed by atoms with Gasteiger partial charge in [-0.2, -0.15) is 5.10 Å². The van der Waals surface area contributed by atoms with Crippen LogP contribution in [0.1, 0.15) is 27.2 Å². The molecule has 144 valence electrons. The Morgan fingerprint density at radius 2 is 1.93 bits per heavy atom. The van der Waals surface area contributed by atoms with Crippen molar-refractivity contribution < 1.29 is 14.5 Å². The predicted octanol–water partition coefficient (Wildman–Crippen LogP) is 4.30. The molecule has 0 fully saturated rings. The van der Waals surface area contributed by atoms with Crippen molar-refractivity contribution in [3.05, 3.63) is 75.1 Å². The Labute approximate surface area is 161 Å². The molecule has 1 aromatic heterocycles. The summed E-state index contributed by atoms with van der Waals surface area (Å²) in [4.78, 5) is 23.2. The molecular formula is C20H20N4O4. The molecule has 1 amide bonds. The van der Waals surface area contributed by atoms with Crippen LogP contribution in [0, 0.1) is 30.9 Å². The number of aryl methyl sites for hydroxylation is 3. The number of hydrogen-bond acceptors (Lipinski definition) is 5. The number of rotatable bonds is 5. The summed E-state index contributed by atoms with van der Waals surface area (Å²) < 4.78 is 7.34. The maximum absolute atomic E-state index is 12.4. The van der Waals surface area contributed by atoms with Crippen molar-refractivity contribution in [1.82, 2.24) is 9.78 Å². The van der Waals surface area contributed by atoms with Crippen molar-refractivity contribution >= 4 is 17.3 Å². The maximum atomic E-state index is 12.4.